The van der Waals surface area contributed by atoms with Crippen LogP contribution in [-0.2, 0) is 0 Å². The molecule has 0 bridgehead atoms. The van der Waals surface area contributed by atoms with Gasteiger partial charge >= 0.3 is 0 Å². The molecule has 0 fully saturated rings. The highest BCUT2D eigenvalue weighted by Crippen LogP contribution is 2.29. The Kier molecular flexibility index (Phi) is 3.12. The Morgan fingerprint density at radius 3 is 2.61 bits per heavy atom. The number of pyridine rings is 1. The minimum atomic E-state index is -0.340. The lowest BCUT2D eigenvalue weighted by Gasteiger charge is -2.03. The molecule has 0 N–H and O–H groups in total. The van der Waals surface area contributed by atoms with Crippen molar-refractivity contribution in [3.8, 4) is 22.9 Å². The maximum atomic E-state index is 13.3. The molecule has 112 valence electrons. The SMILES string of the molecule is Cc1cc(-c2nnc(-c3cccc(F)c3)o2)c2ccccc2n1. The molecule has 0 amide bonds. The number of aromatic nitrogens is 3. The van der Waals surface area contributed by atoms with Gasteiger partial charge in [0, 0.05) is 16.6 Å². The van der Waals surface area contributed by atoms with E-state index in [1.807, 2.05) is 37.3 Å². The zero-order valence-corrected chi connectivity index (χ0v) is 12.3. The minimum Gasteiger partial charge on any atom is -0.416 e. The first-order valence-electron chi connectivity index (χ1n) is 7.17. The van der Waals surface area contributed by atoms with Crippen LogP contribution in [0, 0.1) is 12.7 Å². The van der Waals surface area contributed by atoms with Crippen LogP contribution in [0.2, 0.25) is 0 Å². The maximum Gasteiger partial charge on any atom is 0.248 e. The topological polar surface area (TPSA) is 51.8 Å². The van der Waals surface area contributed by atoms with Crippen molar-refractivity contribution in [2.45, 2.75) is 6.92 Å². The first-order valence-corrected chi connectivity index (χ1v) is 7.17. The number of halogens is 1. The van der Waals surface area contributed by atoms with E-state index >= 15 is 0 Å². The number of benzene rings is 2. The van der Waals surface area contributed by atoms with Gasteiger partial charge in [-0.25, -0.2) is 4.39 Å². The summed E-state index contributed by atoms with van der Waals surface area (Å²) in [4.78, 5) is 4.50. The molecule has 0 spiro atoms. The first-order chi connectivity index (χ1) is 11.2. The van der Waals surface area contributed by atoms with Crippen LogP contribution >= 0.6 is 0 Å². The van der Waals surface area contributed by atoms with E-state index in [0.29, 0.717) is 11.5 Å². The van der Waals surface area contributed by atoms with Crippen LogP contribution < -0.4 is 0 Å². The average Bonchev–Trinajstić information content (AvgIpc) is 3.04. The molecule has 0 aliphatic rings. The number of para-hydroxylation sites is 1. The van der Waals surface area contributed by atoms with Crippen molar-refractivity contribution in [1.82, 2.24) is 15.2 Å². The molecule has 4 rings (SSSR count). The highest BCUT2D eigenvalue weighted by Gasteiger charge is 2.14. The summed E-state index contributed by atoms with van der Waals surface area (Å²) in [6.07, 6.45) is 0. The number of rotatable bonds is 2. The molecule has 5 heteroatoms. The maximum absolute atomic E-state index is 13.3. The quantitative estimate of drug-likeness (QED) is 0.551. The monoisotopic (exact) mass is 305 g/mol. The highest BCUT2D eigenvalue weighted by atomic mass is 19.1. The van der Waals surface area contributed by atoms with E-state index in [1.54, 1.807) is 12.1 Å². The van der Waals surface area contributed by atoms with Crippen LogP contribution in [0.25, 0.3) is 33.8 Å². The summed E-state index contributed by atoms with van der Waals surface area (Å²) >= 11 is 0. The molecule has 0 saturated heterocycles. The third kappa shape index (κ3) is 2.46. The zero-order chi connectivity index (χ0) is 15.8. The molecule has 23 heavy (non-hydrogen) atoms. The standard InChI is InChI=1S/C18H12FN3O/c1-11-9-15(14-7-2-3-8-16(14)20-11)18-22-21-17(23-18)12-5-4-6-13(19)10-12/h2-10H,1H3. The average molecular weight is 305 g/mol. The minimum absolute atomic E-state index is 0.290. The fourth-order valence-corrected chi connectivity index (χ4v) is 2.55. The molecule has 0 unspecified atom stereocenters. The fraction of sp³-hybridized carbons (Fsp3) is 0.0556. The van der Waals surface area contributed by atoms with Crippen LogP contribution in [0.5, 0.6) is 0 Å². The molecule has 0 radical (unpaired) electrons. The molecule has 2 heterocycles. The number of aryl methyl sites for hydroxylation is 1. The molecule has 2 aromatic heterocycles. The van der Waals surface area contributed by atoms with Crippen molar-refractivity contribution in [1.29, 1.82) is 0 Å². The molecular formula is C18H12FN3O. The third-order valence-electron chi connectivity index (χ3n) is 3.57. The van der Waals surface area contributed by atoms with Gasteiger partial charge in [-0.3, -0.25) is 4.98 Å². The van der Waals surface area contributed by atoms with Gasteiger partial charge in [0.1, 0.15) is 5.82 Å². The van der Waals surface area contributed by atoms with Crippen molar-refractivity contribution < 1.29 is 8.81 Å². The van der Waals surface area contributed by atoms with E-state index < -0.39 is 0 Å². The molecule has 4 nitrogen and oxygen atoms in total. The summed E-state index contributed by atoms with van der Waals surface area (Å²) < 4.78 is 19.1. The highest BCUT2D eigenvalue weighted by molar-refractivity contribution is 5.92. The zero-order valence-electron chi connectivity index (χ0n) is 12.3. The first kappa shape index (κ1) is 13.6. The van der Waals surface area contributed by atoms with E-state index in [0.717, 1.165) is 22.2 Å². The van der Waals surface area contributed by atoms with E-state index in [9.17, 15) is 4.39 Å². The van der Waals surface area contributed by atoms with Gasteiger partial charge in [-0.1, -0.05) is 24.3 Å². The summed E-state index contributed by atoms with van der Waals surface area (Å²) in [6.45, 7) is 1.92. The lowest BCUT2D eigenvalue weighted by atomic mass is 10.1. The Bertz CT molecular complexity index is 1010. The molecular weight excluding hydrogens is 293 g/mol. The van der Waals surface area contributed by atoms with Crippen molar-refractivity contribution >= 4 is 10.9 Å². The Labute approximate surface area is 131 Å². The van der Waals surface area contributed by atoms with Gasteiger partial charge in [0.15, 0.2) is 0 Å². The number of hydrogen-bond donors (Lipinski definition) is 0. The number of fused-ring (bicyclic) bond motifs is 1. The summed E-state index contributed by atoms with van der Waals surface area (Å²) in [5.41, 5.74) is 3.11. The summed E-state index contributed by atoms with van der Waals surface area (Å²) in [5, 5.41) is 9.09. The van der Waals surface area contributed by atoms with Crippen molar-refractivity contribution in [3.05, 3.63) is 66.1 Å². The predicted molar refractivity (Wildman–Crippen MR) is 85.2 cm³/mol. The van der Waals surface area contributed by atoms with Crippen LogP contribution in [0.15, 0.2) is 59.0 Å². The van der Waals surface area contributed by atoms with Gasteiger partial charge in [0.25, 0.3) is 0 Å². The second-order valence-electron chi connectivity index (χ2n) is 5.25. The Morgan fingerprint density at radius 1 is 0.913 bits per heavy atom. The van der Waals surface area contributed by atoms with Crippen molar-refractivity contribution in [2.24, 2.45) is 0 Å². The van der Waals surface area contributed by atoms with Crippen molar-refractivity contribution in [2.75, 3.05) is 0 Å². The second kappa shape index (κ2) is 5.28. The van der Waals surface area contributed by atoms with Gasteiger partial charge in [-0.15, -0.1) is 10.2 Å². The smallest absolute Gasteiger partial charge is 0.248 e. The molecule has 4 aromatic rings. The summed E-state index contributed by atoms with van der Waals surface area (Å²) in [7, 11) is 0. The van der Waals surface area contributed by atoms with Crippen LogP contribution in [0.1, 0.15) is 5.69 Å². The lowest BCUT2D eigenvalue weighted by molar-refractivity contribution is 0.582. The Morgan fingerprint density at radius 2 is 1.74 bits per heavy atom. The lowest BCUT2D eigenvalue weighted by Crippen LogP contribution is -1.88. The molecule has 0 atom stereocenters. The van der Waals surface area contributed by atoms with Crippen LogP contribution in [0.4, 0.5) is 4.39 Å². The largest absolute Gasteiger partial charge is 0.416 e. The van der Waals surface area contributed by atoms with E-state index in [-0.39, 0.29) is 11.7 Å². The summed E-state index contributed by atoms with van der Waals surface area (Å²) in [6, 6.07) is 15.8. The van der Waals surface area contributed by atoms with Gasteiger partial charge in [0.2, 0.25) is 11.8 Å². The number of hydrogen-bond acceptors (Lipinski definition) is 4. The Hall–Kier alpha value is -3.08. The second-order valence-corrected chi connectivity index (χ2v) is 5.25. The van der Waals surface area contributed by atoms with Crippen molar-refractivity contribution in [3.63, 3.8) is 0 Å². The predicted octanol–water partition coefficient (Wildman–Crippen LogP) is 4.40. The van der Waals surface area contributed by atoms with Crippen LogP contribution in [0.3, 0.4) is 0 Å². The Balaban J connectivity index is 1.87. The summed E-state index contributed by atoms with van der Waals surface area (Å²) in [5.74, 6) is 0.344. The third-order valence-corrected chi connectivity index (χ3v) is 3.57. The fourth-order valence-electron chi connectivity index (χ4n) is 2.55. The molecule has 0 aliphatic carbocycles. The van der Waals surface area contributed by atoms with Crippen LogP contribution in [-0.4, -0.2) is 15.2 Å². The van der Waals surface area contributed by atoms with Gasteiger partial charge < -0.3 is 4.42 Å². The normalized spacial score (nSPS) is 11.0. The van der Waals surface area contributed by atoms with E-state index in [1.165, 1.54) is 12.1 Å². The molecule has 0 aliphatic heterocycles. The molecule has 0 saturated carbocycles. The van der Waals surface area contributed by atoms with E-state index in [4.69, 9.17) is 4.42 Å². The van der Waals surface area contributed by atoms with Gasteiger partial charge in [0.05, 0.1) is 11.1 Å². The molecule has 2 aromatic carbocycles. The van der Waals surface area contributed by atoms with Gasteiger partial charge in [-0.05, 0) is 37.3 Å². The van der Waals surface area contributed by atoms with E-state index in [2.05, 4.69) is 15.2 Å². The number of nitrogens with zero attached hydrogens (tertiary/aromatic N) is 3. The van der Waals surface area contributed by atoms with Gasteiger partial charge in [-0.2, -0.15) is 0 Å².